The number of aromatic nitrogens is 3. The van der Waals surface area contributed by atoms with Crippen LogP contribution in [0.4, 0.5) is 5.82 Å². The summed E-state index contributed by atoms with van der Waals surface area (Å²) in [6.45, 7) is 1.82. The van der Waals surface area contributed by atoms with E-state index in [1.807, 2.05) is 13.0 Å². The molecule has 0 saturated carbocycles. The van der Waals surface area contributed by atoms with Gasteiger partial charge in [0.2, 0.25) is 6.41 Å². The minimum Gasteiger partial charge on any atom is -0.276 e. The van der Waals surface area contributed by atoms with Gasteiger partial charge < -0.3 is 0 Å². The second-order valence-electron chi connectivity index (χ2n) is 2.96. The second kappa shape index (κ2) is 3.91. The van der Waals surface area contributed by atoms with E-state index in [1.165, 1.54) is 5.01 Å². The van der Waals surface area contributed by atoms with Gasteiger partial charge in [-0.3, -0.25) is 4.79 Å². The van der Waals surface area contributed by atoms with E-state index in [1.54, 1.807) is 35.4 Å². The number of nitrogens with zero attached hydrogens (tertiary/aromatic N) is 4. The summed E-state index contributed by atoms with van der Waals surface area (Å²) in [7, 11) is 0. The van der Waals surface area contributed by atoms with Crippen molar-refractivity contribution in [3.05, 3.63) is 42.6 Å². The van der Waals surface area contributed by atoms with Crippen molar-refractivity contribution < 1.29 is 4.79 Å². The first-order valence-electron chi connectivity index (χ1n) is 4.48. The van der Waals surface area contributed by atoms with Crippen LogP contribution < -0.4 is 5.01 Å². The van der Waals surface area contributed by atoms with Gasteiger partial charge in [0.25, 0.3) is 0 Å². The van der Waals surface area contributed by atoms with Crippen molar-refractivity contribution in [1.29, 1.82) is 0 Å². The number of pyridine rings is 1. The zero-order valence-electron chi connectivity index (χ0n) is 8.24. The minimum atomic E-state index is 0.564. The maximum atomic E-state index is 11.0. The molecule has 0 N–H and O–H groups in total. The highest BCUT2D eigenvalue weighted by Crippen LogP contribution is 2.09. The molecule has 0 bridgehead atoms. The molecule has 0 aliphatic rings. The quantitative estimate of drug-likeness (QED) is 0.698. The summed E-state index contributed by atoms with van der Waals surface area (Å²) in [6, 6.07) is 5.38. The Hall–Kier alpha value is -2.17. The van der Waals surface area contributed by atoms with Crippen molar-refractivity contribution in [2.75, 3.05) is 5.01 Å². The standard InChI is InChI=1S/C10H10N4O/c1-9-11-6-7-13(9)14(8-15)10-4-2-3-5-12-10/h2-8H,1H3. The molecule has 0 unspecified atom stereocenters. The third kappa shape index (κ3) is 1.71. The Labute approximate surface area is 87.0 Å². The number of imidazole rings is 1. The van der Waals surface area contributed by atoms with Crippen LogP contribution in [-0.2, 0) is 4.79 Å². The van der Waals surface area contributed by atoms with Crippen LogP contribution in [0, 0.1) is 6.92 Å². The van der Waals surface area contributed by atoms with Crippen molar-refractivity contribution in [3.63, 3.8) is 0 Å². The van der Waals surface area contributed by atoms with E-state index in [2.05, 4.69) is 9.97 Å². The first kappa shape index (κ1) is 9.39. The number of aryl methyl sites for hydroxylation is 1. The second-order valence-corrected chi connectivity index (χ2v) is 2.96. The van der Waals surface area contributed by atoms with E-state index in [0.29, 0.717) is 12.2 Å². The van der Waals surface area contributed by atoms with Crippen LogP contribution in [0.1, 0.15) is 5.82 Å². The molecular weight excluding hydrogens is 192 g/mol. The molecule has 0 aliphatic carbocycles. The largest absolute Gasteiger partial charge is 0.276 e. The summed E-state index contributed by atoms with van der Waals surface area (Å²) in [5.41, 5.74) is 0. The number of rotatable bonds is 3. The average Bonchev–Trinajstić information content (AvgIpc) is 2.68. The minimum absolute atomic E-state index is 0.564. The molecule has 5 nitrogen and oxygen atoms in total. The first-order chi connectivity index (χ1) is 7.33. The van der Waals surface area contributed by atoms with Gasteiger partial charge in [0.05, 0.1) is 0 Å². The van der Waals surface area contributed by atoms with Crippen molar-refractivity contribution in [1.82, 2.24) is 14.6 Å². The lowest BCUT2D eigenvalue weighted by Crippen LogP contribution is -2.28. The van der Waals surface area contributed by atoms with Crippen LogP contribution in [0.2, 0.25) is 0 Å². The molecule has 0 radical (unpaired) electrons. The third-order valence-electron chi connectivity index (χ3n) is 2.02. The fraction of sp³-hybridized carbons (Fsp3) is 0.100. The molecule has 0 aromatic carbocycles. The van der Waals surface area contributed by atoms with E-state index in [4.69, 9.17) is 0 Å². The van der Waals surface area contributed by atoms with Gasteiger partial charge in [-0.05, 0) is 19.1 Å². The predicted molar refractivity (Wildman–Crippen MR) is 55.1 cm³/mol. The number of amides is 1. The molecule has 2 heterocycles. The molecule has 0 spiro atoms. The van der Waals surface area contributed by atoms with Gasteiger partial charge in [-0.1, -0.05) is 6.07 Å². The smallest absolute Gasteiger partial charge is 0.234 e. The topological polar surface area (TPSA) is 51.0 Å². The lowest BCUT2D eigenvalue weighted by Gasteiger charge is -2.17. The Bertz CT molecular complexity index is 451. The first-order valence-corrected chi connectivity index (χ1v) is 4.48. The molecule has 2 rings (SSSR count). The fourth-order valence-corrected chi connectivity index (χ4v) is 1.30. The molecule has 5 heteroatoms. The molecule has 1 amide bonds. The zero-order chi connectivity index (χ0) is 10.7. The third-order valence-corrected chi connectivity index (χ3v) is 2.02. The molecule has 76 valence electrons. The summed E-state index contributed by atoms with van der Waals surface area (Å²) in [6.07, 6.45) is 5.68. The van der Waals surface area contributed by atoms with Crippen molar-refractivity contribution in [2.45, 2.75) is 6.92 Å². The van der Waals surface area contributed by atoms with Crippen LogP contribution >= 0.6 is 0 Å². The van der Waals surface area contributed by atoms with Gasteiger partial charge in [-0.2, -0.15) is 5.01 Å². The number of carbonyl (C=O) groups is 1. The van der Waals surface area contributed by atoms with Gasteiger partial charge >= 0.3 is 0 Å². The van der Waals surface area contributed by atoms with Gasteiger partial charge in [-0.15, -0.1) is 0 Å². The number of hydrogen-bond acceptors (Lipinski definition) is 3. The number of carbonyl (C=O) groups excluding carboxylic acids is 1. The Morgan fingerprint density at radius 2 is 2.20 bits per heavy atom. The van der Waals surface area contributed by atoms with Crippen LogP contribution in [-0.4, -0.2) is 21.1 Å². The van der Waals surface area contributed by atoms with Gasteiger partial charge in [-0.25, -0.2) is 14.6 Å². The molecule has 2 aromatic heterocycles. The van der Waals surface area contributed by atoms with Crippen LogP contribution in [0.25, 0.3) is 0 Å². The monoisotopic (exact) mass is 202 g/mol. The van der Waals surface area contributed by atoms with Crippen LogP contribution in [0.5, 0.6) is 0 Å². The normalized spacial score (nSPS) is 9.93. The highest BCUT2D eigenvalue weighted by molar-refractivity contribution is 5.72. The summed E-state index contributed by atoms with van der Waals surface area (Å²) in [5.74, 6) is 1.29. The Kier molecular flexibility index (Phi) is 2.45. The molecule has 0 aliphatic heterocycles. The maximum absolute atomic E-state index is 11.0. The highest BCUT2D eigenvalue weighted by atomic mass is 16.1. The van der Waals surface area contributed by atoms with Gasteiger partial charge in [0.15, 0.2) is 5.82 Å². The predicted octanol–water partition coefficient (Wildman–Crippen LogP) is 1.01. The average molecular weight is 202 g/mol. The summed E-state index contributed by atoms with van der Waals surface area (Å²) in [5, 5.41) is 1.39. The lowest BCUT2D eigenvalue weighted by atomic mass is 10.4. The summed E-state index contributed by atoms with van der Waals surface area (Å²) in [4.78, 5) is 19.1. The Morgan fingerprint density at radius 1 is 1.33 bits per heavy atom. The molecule has 0 fully saturated rings. The zero-order valence-corrected chi connectivity index (χ0v) is 8.24. The fourth-order valence-electron chi connectivity index (χ4n) is 1.30. The van der Waals surface area contributed by atoms with Crippen LogP contribution in [0.3, 0.4) is 0 Å². The van der Waals surface area contributed by atoms with E-state index < -0.39 is 0 Å². The number of hydrogen-bond donors (Lipinski definition) is 0. The van der Waals surface area contributed by atoms with Crippen LogP contribution in [0.15, 0.2) is 36.8 Å². The number of anilines is 1. The van der Waals surface area contributed by atoms with Crippen molar-refractivity contribution >= 4 is 12.2 Å². The molecule has 15 heavy (non-hydrogen) atoms. The molecule has 0 saturated heterocycles. The SMILES string of the molecule is Cc1nccn1N(C=O)c1ccccn1. The van der Waals surface area contributed by atoms with E-state index >= 15 is 0 Å². The highest BCUT2D eigenvalue weighted by Gasteiger charge is 2.09. The van der Waals surface area contributed by atoms with E-state index in [-0.39, 0.29) is 0 Å². The van der Waals surface area contributed by atoms with Crippen molar-refractivity contribution in [2.24, 2.45) is 0 Å². The Balaban J connectivity index is 2.42. The Morgan fingerprint density at radius 3 is 2.73 bits per heavy atom. The van der Waals surface area contributed by atoms with E-state index in [0.717, 1.165) is 5.82 Å². The molecule has 0 atom stereocenters. The van der Waals surface area contributed by atoms with Crippen molar-refractivity contribution in [3.8, 4) is 0 Å². The van der Waals surface area contributed by atoms with Gasteiger partial charge in [0.1, 0.15) is 5.82 Å². The van der Waals surface area contributed by atoms with E-state index in [9.17, 15) is 4.79 Å². The van der Waals surface area contributed by atoms with Gasteiger partial charge in [0, 0.05) is 18.6 Å². The maximum Gasteiger partial charge on any atom is 0.234 e. The molecule has 2 aromatic rings. The lowest BCUT2D eigenvalue weighted by molar-refractivity contribution is -0.108. The summed E-state index contributed by atoms with van der Waals surface area (Å²) >= 11 is 0. The summed E-state index contributed by atoms with van der Waals surface area (Å²) < 4.78 is 1.63. The molecular formula is C10H10N4O.